The number of hydrazone groups is 1. The second-order valence-corrected chi connectivity index (χ2v) is 7.89. The second kappa shape index (κ2) is 8.82. The van der Waals surface area contributed by atoms with Crippen molar-refractivity contribution >= 4 is 12.1 Å². The van der Waals surface area contributed by atoms with Crippen molar-refractivity contribution in [1.29, 1.82) is 0 Å². The molecule has 29 heavy (non-hydrogen) atoms. The molecule has 0 radical (unpaired) electrons. The molecule has 1 saturated heterocycles. The number of nitrogens with one attached hydrogen (secondary N) is 1. The van der Waals surface area contributed by atoms with E-state index in [2.05, 4.69) is 28.3 Å². The summed E-state index contributed by atoms with van der Waals surface area (Å²) < 4.78 is 0.816. The van der Waals surface area contributed by atoms with E-state index in [9.17, 15) is 10.3 Å². The summed E-state index contributed by atoms with van der Waals surface area (Å²) in [5.41, 5.74) is 0.912. The smallest absolute Gasteiger partial charge is 0.185 e. The van der Waals surface area contributed by atoms with Crippen LogP contribution >= 0.6 is 0 Å². The molecule has 1 aromatic heterocycles. The third kappa shape index (κ3) is 4.22. The Balaban J connectivity index is 1.58. The molecule has 3 aliphatic rings. The van der Waals surface area contributed by atoms with Gasteiger partial charge in [0.15, 0.2) is 18.6 Å². The average molecular weight is 399 g/mol. The van der Waals surface area contributed by atoms with Crippen LogP contribution in [0.2, 0.25) is 0 Å². The molecule has 0 aliphatic carbocycles. The minimum atomic E-state index is -0.0422. The number of hydrogen-bond acceptors (Lipinski definition) is 7. The molecule has 8 heteroatoms. The topological polar surface area (TPSA) is 90.4 Å². The van der Waals surface area contributed by atoms with Gasteiger partial charge in [-0.3, -0.25) is 0 Å². The van der Waals surface area contributed by atoms with Crippen LogP contribution in [0.3, 0.4) is 0 Å². The lowest BCUT2D eigenvalue weighted by Gasteiger charge is -2.40. The first-order chi connectivity index (χ1) is 14.2. The first-order valence-corrected chi connectivity index (χ1v) is 10.6. The zero-order valence-electron chi connectivity index (χ0n) is 16.9. The third-order valence-electron chi connectivity index (χ3n) is 5.96. The van der Waals surface area contributed by atoms with E-state index in [0.29, 0.717) is 12.6 Å². The summed E-state index contributed by atoms with van der Waals surface area (Å²) in [4.78, 5) is 7.42. The molecule has 1 aromatic rings. The lowest BCUT2D eigenvalue weighted by atomic mass is 9.98. The zero-order chi connectivity index (χ0) is 20.2. The van der Waals surface area contributed by atoms with E-state index in [-0.39, 0.29) is 18.7 Å². The van der Waals surface area contributed by atoms with Crippen LogP contribution in [0.25, 0.3) is 0 Å². The maximum Gasteiger partial charge on any atom is 0.185 e. The van der Waals surface area contributed by atoms with Gasteiger partial charge < -0.3 is 20.5 Å². The van der Waals surface area contributed by atoms with Crippen LogP contribution in [-0.4, -0.2) is 52.4 Å². The molecule has 3 aliphatic heterocycles. The summed E-state index contributed by atoms with van der Waals surface area (Å²) >= 11 is 0. The predicted molar refractivity (Wildman–Crippen MR) is 112 cm³/mol. The minimum absolute atomic E-state index is 0.0422. The Bertz CT molecular complexity index is 806. The maximum absolute atomic E-state index is 11.6. The number of piperidine rings is 1. The number of aromatic nitrogens is 1. The molecule has 2 N–H and O–H groups in total. The van der Waals surface area contributed by atoms with Gasteiger partial charge in [0.25, 0.3) is 0 Å². The molecule has 0 amide bonds. The summed E-state index contributed by atoms with van der Waals surface area (Å²) in [5.74, 6) is 2.15. The van der Waals surface area contributed by atoms with Crippen molar-refractivity contribution < 1.29 is 9.84 Å². The summed E-state index contributed by atoms with van der Waals surface area (Å²) in [5, 5.41) is 31.1. The molecule has 156 valence electrons. The molecule has 1 fully saturated rings. The van der Waals surface area contributed by atoms with Crippen LogP contribution in [0.4, 0.5) is 0 Å². The Morgan fingerprint density at radius 3 is 3.07 bits per heavy atom. The van der Waals surface area contributed by atoms with Crippen molar-refractivity contribution in [2.24, 2.45) is 16.0 Å². The van der Waals surface area contributed by atoms with E-state index in [1.807, 2.05) is 17.3 Å². The van der Waals surface area contributed by atoms with Crippen LogP contribution in [0, 0.1) is 11.1 Å². The standard InChI is InChI=1S/C21H30N6O2/c1-2-17-14-23-27-19(22-13-16-6-5-9-25(29)15-16)12-20(24-21(17)27)26-10-4-3-7-18(26)8-11-28/h5-6,9,12,14-15,17-18,21-22,28H,2-4,7-8,10-11,13H2,1H3/t17?,18-,21?/m0/s1. The van der Waals surface area contributed by atoms with E-state index in [0.717, 1.165) is 54.2 Å². The highest BCUT2D eigenvalue weighted by Crippen LogP contribution is 2.30. The fourth-order valence-electron chi connectivity index (χ4n) is 4.36. The van der Waals surface area contributed by atoms with E-state index in [4.69, 9.17) is 4.99 Å². The molecule has 0 aromatic carbocycles. The first-order valence-electron chi connectivity index (χ1n) is 10.6. The number of aliphatic imine (C=N–C) groups is 1. The molecular weight excluding hydrogens is 368 g/mol. The molecule has 0 bridgehead atoms. The highest BCUT2D eigenvalue weighted by atomic mass is 16.5. The fourth-order valence-corrected chi connectivity index (χ4v) is 4.36. The highest BCUT2D eigenvalue weighted by molar-refractivity contribution is 5.95. The second-order valence-electron chi connectivity index (χ2n) is 7.89. The molecule has 2 unspecified atom stereocenters. The molecule has 0 spiro atoms. The maximum atomic E-state index is 11.6. The summed E-state index contributed by atoms with van der Waals surface area (Å²) in [6.45, 7) is 3.86. The van der Waals surface area contributed by atoms with E-state index < -0.39 is 0 Å². The van der Waals surface area contributed by atoms with Gasteiger partial charge in [-0.2, -0.15) is 9.83 Å². The van der Waals surface area contributed by atoms with Gasteiger partial charge in [0.05, 0.1) is 0 Å². The number of amidine groups is 1. The normalized spacial score (nSPS) is 26.2. The molecule has 0 saturated carbocycles. The number of pyridine rings is 1. The monoisotopic (exact) mass is 398 g/mol. The molecule has 8 nitrogen and oxygen atoms in total. The number of nitrogens with zero attached hydrogens (tertiary/aromatic N) is 5. The average Bonchev–Trinajstić information content (AvgIpc) is 3.16. The Hall–Kier alpha value is -2.61. The highest BCUT2D eigenvalue weighted by Gasteiger charge is 2.37. The number of aliphatic hydroxyl groups excluding tert-OH is 1. The predicted octanol–water partition coefficient (Wildman–Crippen LogP) is 1.55. The lowest BCUT2D eigenvalue weighted by Crippen LogP contribution is -2.48. The van der Waals surface area contributed by atoms with Crippen LogP contribution in [0.1, 0.15) is 44.6 Å². The van der Waals surface area contributed by atoms with Gasteiger partial charge in [-0.25, -0.2) is 10.0 Å². The SMILES string of the molecule is CCC1C=NN2C(NCc3ccc[n+]([O-])c3)=CC(N3CCCC[C@H]3CCO)=NC12. The largest absolute Gasteiger partial charge is 0.619 e. The van der Waals surface area contributed by atoms with E-state index in [1.165, 1.54) is 12.6 Å². The molecular formula is C21H30N6O2. The number of aliphatic hydroxyl groups is 1. The molecule has 4 rings (SSSR count). The van der Waals surface area contributed by atoms with Crippen molar-refractivity contribution in [1.82, 2.24) is 15.2 Å². The lowest BCUT2D eigenvalue weighted by molar-refractivity contribution is -0.605. The van der Waals surface area contributed by atoms with Gasteiger partial charge in [0, 0.05) is 55.6 Å². The third-order valence-corrected chi connectivity index (χ3v) is 5.96. The van der Waals surface area contributed by atoms with E-state index >= 15 is 0 Å². The van der Waals surface area contributed by atoms with Gasteiger partial charge in [-0.15, -0.1) is 0 Å². The van der Waals surface area contributed by atoms with Crippen LogP contribution in [0.15, 0.2) is 46.5 Å². The number of likely N-dealkylation sites (tertiary alicyclic amines) is 1. The summed E-state index contributed by atoms with van der Waals surface area (Å²) in [6, 6.07) is 4.01. The Kier molecular flexibility index (Phi) is 5.99. The van der Waals surface area contributed by atoms with Crippen LogP contribution in [0.5, 0.6) is 0 Å². The Morgan fingerprint density at radius 1 is 1.38 bits per heavy atom. The summed E-state index contributed by atoms with van der Waals surface area (Å²) in [7, 11) is 0. The van der Waals surface area contributed by atoms with Crippen molar-refractivity contribution in [2.75, 3.05) is 13.2 Å². The van der Waals surface area contributed by atoms with Crippen LogP contribution in [-0.2, 0) is 6.54 Å². The van der Waals surface area contributed by atoms with Crippen molar-refractivity contribution in [3.63, 3.8) is 0 Å². The summed E-state index contributed by atoms with van der Waals surface area (Å²) in [6.07, 6.45) is 12.2. The van der Waals surface area contributed by atoms with E-state index in [1.54, 1.807) is 12.3 Å². The fraction of sp³-hybridized carbons (Fsp3) is 0.571. The quantitative estimate of drug-likeness (QED) is 0.561. The number of rotatable bonds is 6. The zero-order valence-corrected chi connectivity index (χ0v) is 16.9. The minimum Gasteiger partial charge on any atom is -0.619 e. The molecule has 4 heterocycles. The van der Waals surface area contributed by atoms with Gasteiger partial charge in [-0.1, -0.05) is 6.92 Å². The Morgan fingerprint density at radius 2 is 2.28 bits per heavy atom. The van der Waals surface area contributed by atoms with Crippen LogP contribution < -0.4 is 10.0 Å². The van der Waals surface area contributed by atoms with Crippen molar-refractivity contribution in [3.8, 4) is 0 Å². The van der Waals surface area contributed by atoms with Crippen molar-refractivity contribution in [3.05, 3.63) is 47.2 Å². The Labute approximate surface area is 171 Å². The van der Waals surface area contributed by atoms with Crippen molar-refractivity contribution in [2.45, 2.75) is 57.8 Å². The van der Waals surface area contributed by atoms with Gasteiger partial charge in [0.1, 0.15) is 11.7 Å². The molecule has 3 atom stereocenters. The first kappa shape index (κ1) is 19.7. The number of hydrogen-bond donors (Lipinski definition) is 2. The van der Waals surface area contributed by atoms with Gasteiger partial charge in [-0.05, 0) is 38.2 Å². The van der Waals surface area contributed by atoms with Gasteiger partial charge in [0.2, 0.25) is 0 Å². The van der Waals surface area contributed by atoms with Gasteiger partial charge >= 0.3 is 0 Å². The number of fused-ring (bicyclic) bond motifs is 1.